The minimum absolute atomic E-state index is 0.174. The van der Waals surface area contributed by atoms with Crippen molar-refractivity contribution in [3.8, 4) is 5.75 Å². The number of carbonyl (C=O) groups excluding carboxylic acids is 1. The lowest BCUT2D eigenvalue weighted by Crippen LogP contribution is -2.40. The fraction of sp³-hybridized carbons (Fsp3) is 0.125. The molecule has 1 aromatic carbocycles. The van der Waals surface area contributed by atoms with Crippen LogP contribution < -0.4 is 14.6 Å². The molecule has 1 amide bonds. The largest absolute Gasteiger partial charge is 0.529 e. The highest BCUT2D eigenvalue weighted by atomic mass is 32.2. The van der Waals surface area contributed by atoms with Crippen molar-refractivity contribution in [2.24, 2.45) is 0 Å². The third-order valence-corrected chi connectivity index (χ3v) is 2.92. The van der Waals surface area contributed by atoms with E-state index in [1.807, 2.05) is 0 Å². The molecule has 15 heavy (non-hydrogen) atoms. The maximum absolute atomic E-state index is 11.3. The molecule has 6 nitrogen and oxygen atoms in total. The van der Waals surface area contributed by atoms with Crippen LogP contribution in [0.25, 0.3) is 0 Å². The summed E-state index contributed by atoms with van der Waals surface area (Å²) in [4.78, 5) is 9.91. The van der Waals surface area contributed by atoms with E-state index in [-0.39, 0.29) is 4.90 Å². The summed E-state index contributed by atoms with van der Waals surface area (Å²) in [5.74, 6) is 0.474. The summed E-state index contributed by atoms with van der Waals surface area (Å²) in [6, 6.07) is 5.27. The molecule has 0 saturated carbocycles. The van der Waals surface area contributed by atoms with E-state index in [0.29, 0.717) is 5.75 Å². The Kier molecular flexibility index (Phi) is 3.15. The van der Waals surface area contributed by atoms with Gasteiger partial charge in [0.1, 0.15) is 11.8 Å². The van der Waals surface area contributed by atoms with Gasteiger partial charge < -0.3 is 14.6 Å². The van der Waals surface area contributed by atoms with Crippen molar-refractivity contribution in [3.63, 3.8) is 0 Å². The number of benzene rings is 1. The summed E-state index contributed by atoms with van der Waals surface area (Å²) >= 11 is 0. The Hall–Kier alpha value is -1.76. The van der Waals surface area contributed by atoms with E-state index in [0.717, 1.165) is 0 Å². The van der Waals surface area contributed by atoms with Crippen molar-refractivity contribution >= 4 is 16.1 Å². The lowest BCUT2D eigenvalue weighted by molar-refractivity contribution is -0.247. The summed E-state index contributed by atoms with van der Waals surface area (Å²) in [5, 5.41) is 10.1. The van der Waals surface area contributed by atoms with Crippen LogP contribution >= 0.6 is 0 Å². The van der Waals surface area contributed by atoms with Crippen LogP contribution in [-0.2, 0) is 10.0 Å². The van der Waals surface area contributed by atoms with E-state index in [2.05, 4.69) is 0 Å². The third-order valence-electron chi connectivity index (χ3n) is 1.59. The first kappa shape index (κ1) is 11.3. The number of carbonyl (C=O) groups is 1. The van der Waals surface area contributed by atoms with Gasteiger partial charge in [0.25, 0.3) is 10.0 Å². The molecule has 1 N–H and O–H groups in total. The molecule has 7 heteroatoms. The standard InChI is InChI=1S/C8H9NO5S/c1-14-6-2-4-7(5-3-6)15(12,13)9-8(10)11/h2-5,9H,1H3,(H,10,11)/p-1. The summed E-state index contributed by atoms with van der Waals surface area (Å²) < 4.78 is 28.7. The van der Waals surface area contributed by atoms with E-state index >= 15 is 0 Å². The van der Waals surface area contributed by atoms with Gasteiger partial charge in [0.05, 0.1) is 12.0 Å². The van der Waals surface area contributed by atoms with Gasteiger partial charge in [-0.1, -0.05) is 0 Å². The second kappa shape index (κ2) is 4.18. The molecular formula is C8H8NO5S-. The molecule has 0 unspecified atom stereocenters. The first-order chi connectivity index (χ1) is 6.95. The Bertz CT molecular complexity index is 450. The van der Waals surface area contributed by atoms with Crippen molar-refractivity contribution in [1.29, 1.82) is 0 Å². The minimum Gasteiger partial charge on any atom is -0.529 e. The summed E-state index contributed by atoms with van der Waals surface area (Å²) in [7, 11) is -2.62. The molecule has 1 aromatic rings. The second-order valence-corrected chi connectivity index (χ2v) is 4.25. The quantitative estimate of drug-likeness (QED) is 0.742. The Morgan fingerprint density at radius 1 is 1.33 bits per heavy atom. The van der Waals surface area contributed by atoms with Crippen LogP contribution in [-0.4, -0.2) is 21.6 Å². The molecule has 0 spiro atoms. The van der Waals surface area contributed by atoms with Crippen molar-refractivity contribution in [1.82, 2.24) is 4.72 Å². The summed E-state index contributed by atoms with van der Waals surface area (Å²) in [5.41, 5.74) is 0. The van der Waals surface area contributed by atoms with E-state index in [4.69, 9.17) is 4.74 Å². The molecule has 1 rings (SSSR count). The minimum atomic E-state index is -4.05. The van der Waals surface area contributed by atoms with Gasteiger partial charge >= 0.3 is 0 Å². The maximum atomic E-state index is 11.3. The first-order valence-electron chi connectivity index (χ1n) is 3.83. The Morgan fingerprint density at radius 3 is 2.27 bits per heavy atom. The van der Waals surface area contributed by atoms with E-state index in [1.54, 1.807) is 0 Å². The van der Waals surface area contributed by atoms with Crippen molar-refractivity contribution in [2.45, 2.75) is 4.90 Å². The average Bonchev–Trinajstić information content (AvgIpc) is 2.16. The van der Waals surface area contributed by atoms with Crippen LogP contribution in [0, 0.1) is 0 Å². The number of nitrogens with one attached hydrogen (secondary N) is 1. The molecule has 0 fully saturated rings. The topological polar surface area (TPSA) is 95.5 Å². The van der Waals surface area contributed by atoms with Gasteiger partial charge in [-0.3, -0.25) is 4.72 Å². The van der Waals surface area contributed by atoms with E-state index in [1.165, 1.54) is 36.1 Å². The molecular weight excluding hydrogens is 222 g/mol. The van der Waals surface area contributed by atoms with Gasteiger partial charge in [-0.15, -0.1) is 0 Å². The predicted molar refractivity (Wildman–Crippen MR) is 48.7 cm³/mol. The van der Waals surface area contributed by atoms with Gasteiger partial charge in [0, 0.05) is 0 Å². The number of hydrogen-bond acceptors (Lipinski definition) is 5. The van der Waals surface area contributed by atoms with Gasteiger partial charge in [-0.25, -0.2) is 8.42 Å². The van der Waals surface area contributed by atoms with Crippen molar-refractivity contribution in [2.75, 3.05) is 7.11 Å². The number of hydrogen-bond donors (Lipinski definition) is 1. The second-order valence-electron chi connectivity index (χ2n) is 2.57. The molecule has 0 atom stereocenters. The van der Waals surface area contributed by atoms with Crippen LogP contribution in [0.2, 0.25) is 0 Å². The highest BCUT2D eigenvalue weighted by molar-refractivity contribution is 7.90. The Morgan fingerprint density at radius 2 is 1.87 bits per heavy atom. The summed E-state index contributed by atoms with van der Waals surface area (Å²) in [6.07, 6.45) is -1.87. The zero-order valence-corrected chi connectivity index (χ0v) is 8.58. The molecule has 0 bridgehead atoms. The van der Waals surface area contributed by atoms with Crippen LogP contribution in [0.3, 0.4) is 0 Å². The molecule has 0 aliphatic carbocycles. The van der Waals surface area contributed by atoms with Crippen LogP contribution in [0.15, 0.2) is 29.2 Å². The fourth-order valence-electron chi connectivity index (χ4n) is 0.924. The van der Waals surface area contributed by atoms with Gasteiger partial charge in [-0.2, -0.15) is 0 Å². The first-order valence-corrected chi connectivity index (χ1v) is 5.32. The highest BCUT2D eigenvalue weighted by Crippen LogP contribution is 2.14. The number of rotatable bonds is 3. The third kappa shape index (κ3) is 2.84. The van der Waals surface area contributed by atoms with Crippen LogP contribution in [0.5, 0.6) is 5.75 Å². The van der Waals surface area contributed by atoms with Crippen LogP contribution in [0.1, 0.15) is 0 Å². The molecule has 0 aliphatic heterocycles. The lowest BCUT2D eigenvalue weighted by Gasteiger charge is -2.08. The van der Waals surface area contributed by atoms with E-state index < -0.39 is 16.1 Å². The number of ether oxygens (including phenoxy) is 1. The monoisotopic (exact) mass is 230 g/mol. The Balaban J connectivity index is 3.01. The highest BCUT2D eigenvalue weighted by Gasteiger charge is 2.12. The van der Waals surface area contributed by atoms with Crippen LogP contribution in [0.4, 0.5) is 4.79 Å². The molecule has 0 aliphatic rings. The lowest BCUT2D eigenvalue weighted by atomic mass is 10.3. The molecule has 0 aromatic heterocycles. The molecule has 0 radical (unpaired) electrons. The molecule has 0 heterocycles. The zero-order valence-electron chi connectivity index (χ0n) is 7.76. The molecule has 0 saturated heterocycles. The normalized spacial score (nSPS) is 10.7. The number of methoxy groups -OCH3 is 1. The fourth-order valence-corrected chi connectivity index (χ4v) is 1.76. The van der Waals surface area contributed by atoms with Crippen molar-refractivity contribution < 1.29 is 23.1 Å². The SMILES string of the molecule is COc1ccc(S(=O)(=O)NC(=O)[O-])cc1. The Labute approximate surface area is 86.5 Å². The van der Waals surface area contributed by atoms with Crippen molar-refractivity contribution in [3.05, 3.63) is 24.3 Å². The van der Waals surface area contributed by atoms with Gasteiger partial charge in [0.2, 0.25) is 0 Å². The predicted octanol–water partition coefficient (Wildman–Crippen LogP) is -0.683. The number of amides is 1. The zero-order chi connectivity index (χ0) is 11.5. The van der Waals surface area contributed by atoms with E-state index in [9.17, 15) is 18.3 Å². The number of sulfonamides is 1. The molecule has 82 valence electrons. The average molecular weight is 230 g/mol. The smallest absolute Gasteiger partial charge is 0.262 e. The number of carboxylic acid groups (broad SMARTS) is 1. The maximum Gasteiger partial charge on any atom is 0.262 e. The van der Waals surface area contributed by atoms with Gasteiger partial charge in [-0.05, 0) is 24.3 Å². The van der Waals surface area contributed by atoms with Gasteiger partial charge in [0.15, 0.2) is 0 Å². The summed E-state index contributed by atoms with van der Waals surface area (Å²) in [6.45, 7) is 0.